The number of nitrogens with zero attached hydrogens (tertiary/aromatic N) is 4. The average molecular weight is 246 g/mol. The zero-order chi connectivity index (χ0) is 13.4. The molecule has 0 aromatic carbocycles. The van der Waals surface area contributed by atoms with Crippen LogP contribution in [0.1, 0.15) is 0 Å². The van der Waals surface area contributed by atoms with Gasteiger partial charge in [0.05, 0.1) is 0 Å². The minimum Gasteiger partial charge on any atom is -0.368 e. The largest absolute Gasteiger partial charge is 0.368 e. The van der Waals surface area contributed by atoms with Crippen LogP contribution in [0.5, 0.6) is 0 Å². The van der Waals surface area contributed by atoms with Crippen molar-refractivity contribution in [3.05, 3.63) is 38.0 Å². The third-order valence-electron chi connectivity index (χ3n) is 2.03. The van der Waals surface area contributed by atoms with Crippen molar-refractivity contribution in [3.8, 4) is 0 Å². The van der Waals surface area contributed by atoms with Crippen LogP contribution in [0.4, 0.5) is 17.8 Å². The van der Waals surface area contributed by atoms with Gasteiger partial charge in [0.1, 0.15) is 0 Å². The molecule has 6 nitrogen and oxygen atoms in total. The van der Waals surface area contributed by atoms with Crippen molar-refractivity contribution in [1.82, 2.24) is 15.0 Å². The lowest BCUT2D eigenvalue weighted by atomic mass is 10.4. The third kappa shape index (κ3) is 3.89. The first kappa shape index (κ1) is 13.7. The van der Waals surface area contributed by atoms with Gasteiger partial charge in [-0.25, -0.2) is 0 Å². The Hall–Kier alpha value is -2.37. The lowest BCUT2D eigenvalue weighted by Gasteiger charge is -2.19. The van der Waals surface area contributed by atoms with Gasteiger partial charge in [-0.3, -0.25) is 0 Å². The molecule has 0 atom stereocenters. The summed E-state index contributed by atoms with van der Waals surface area (Å²) in [7, 11) is 0. The number of rotatable bonds is 8. The number of hydrogen-bond donors (Lipinski definition) is 2. The van der Waals surface area contributed by atoms with E-state index in [1.165, 1.54) is 0 Å². The van der Waals surface area contributed by atoms with E-state index in [4.69, 9.17) is 5.73 Å². The fraction of sp³-hybridized carbons (Fsp3) is 0.250. The second-order valence-corrected chi connectivity index (χ2v) is 3.47. The van der Waals surface area contributed by atoms with Crippen LogP contribution in [0.2, 0.25) is 0 Å². The zero-order valence-electron chi connectivity index (χ0n) is 10.3. The molecule has 1 aromatic heterocycles. The van der Waals surface area contributed by atoms with Gasteiger partial charge >= 0.3 is 0 Å². The summed E-state index contributed by atoms with van der Waals surface area (Å²) in [4.78, 5) is 14.3. The molecule has 0 unspecified atom stereocenters. The highest BCUT2D eigenvalue weighted by Gasteiger charge is 2.09. The molecular weight excluding hydrogens is 228 g/mol. The number of aromatic nitrogens is 3. The van der Waals surface area contributed by atoms with Crippen LogP contribution in [0, 0.1) is 0 Å². The molecular formula is C12H18N6. The van der Waals surface area contributed by atoms with E-state index < -0.39 is 0 Å². The van der Waals surface area contributed by atoms with E-state index in [2.05, 4.69) is 40.0 Å². The smallest absolute Gasteiger partial charge is 0.232 e. The maximum absolute atomic E-state index is 5.65. The van der Waals surface area contributed by atoms with E-state index in [-0.39, 0.29) is 5.95 Å². The lowest BCUT2D eigenvalue weighted by Crippen LogP contribution is -2.26. The molecule has 1 heterocycles. The fourth-order valence-electron chi connectivity index (χ4n) is 1.31. The number of nitrogen functional groups attached to an aromatic ring is 1. The standard InChI is InChI=1S/C12H18N6/c1-4-7-14-11-15-10(13)16-12(17-11)18(8-5-2)9-6-3/h4-6H,1-3,7-9H2,(H3,13,14,15,16,17). The van der Waals surface area contributed by atoms with Crippen LogP contribution in [-0.2, 0) is 0 Å². The second kappa shape index (κ2) is 7.05. The number of nitrogens with one attached hydrogen (secondary N) is 1. The Morgan fingerprint density at radius 1 is 1.06 bits per heavy atom. The van der Waals surface area contributed by atoms with Crippen molar-refractivity contribution < 1.29 is 0 Å². The highest BCUT2D eigenvalue weighted by atomic mass is 15.3. The van der Waals surface area contributed by atoms with Gasteiger partial charge in [0.2, 0.25) is 17.8 Å². The van der Waals surface area contributed by atoms with Crippen molar-refractivity contribution >= 4 is 17.8 Å². The van der Waals surface area contributed by atoms with Crippen molar-refractivity contribution in [2.45, 2.75) is 0 Å². The minimum absolute atomic E-state index is 0.171. The Kier molecular flexibility index (Phi) is 5.37. The van der Waals surface area contributed by atoms with E-state index in [9.17, 15) is 0 Å². The molecule has 0 aliphatic heterocycles. The van der Waals surface area contributed by atoms with Crippen LogP contribution in [0.15, 0.2) is 38.0 Å². The highest BCUT2D eigenvalue weighted by molar-refractivity contribution is 5.43. The van der Waals surface area contributed by atoms with Crippen LogP contribution in [-0.4, -0.2) is 34.6 Å². The summed E-state index contributed by atoms with van der Waals surface area (Å²) in [6, 6.07) is 0. The van der Waals surface area contributed by atoms with Crippen LogP contribution in [0.3, 0.4) is 0 Å². The fourth-order valence-corrected chi connectivity index (χ4v) is 1.31. The van der Waals surface area contributed by atoms with Crippen molar-refractivity contribution in [2.24, 2.45) is 0 Å². The number of hydrogen-bond acceptors (Lipinski definition) is 6. The first-order valence-corrected chi connectivity index (χ1v) is 5.54. The molecule has 1 rings (SSSR count). The van der Waals surface area contributed by atoms with E-state index >= 15 is 0 Å². The molecule has 0 aliphatic carbocycles. The Balaban J connectivity index is 2.97. The molecule has 96 valence electrons. The molecule has 6 heteroatoms. The Morgan fingerprint density at radius 3 is 2.28 bits per heavy atom. The quantitative estimate of drug-likeness (QED) is 0.672. The molecule has 0 radical (unpaired) electrons. The number of anilines is 3. The summed E-state index contributed by atoms with van der Waals surface area (Å²) in [6.45, 7) is 12.8. The molecule has 0 fully saturated rings. The average Bonchev–Trinajstić information content (AvgIpc) is 2.35. The monoisotopic (exact) mass is 246 g/mol. The summed E-state index contributed by atoms with van der Waals surface area (Å²) in [5, 5.41) is 2.98. The van der Waals surface area contributed by atoms with Gasteiger partial charge in [-0.05, 0) is 0 Å². The zero-order valence-corrected chi connectivity index (χ0v) is 10.3. The molecule has 3 N–H and O–H groups in total. The van der Waals surface area contributed by atoms with Crippen LogP contribution >= 0.6 is 0 Å². The summed E-state index contributed by atoms with van der Waals surface area (Å²) < 4.78 is 0. The lowest BCUT2D eigenvalue weighted by molar-refractivity contribution is 0.877. The summed E-state index contributed by atoms with van der Waals surface area (Å²) in [6.07, 6.45) is 5.24. The molecule has 0 bridgehead atoms. The molecule has 0 spiro atoms. The maximum Gasteiger partial charge on any atom is 0.232 e. The second-order valence-electron chi connectivity index (χ2n) is 3.47. The minimum atomic E-state index is 0.171. The van der Waals surface area contributed by atoms with Gasteiger partial charge in [-0.15, -0.1) is 19.7 Å². The predicted octanol–water partition coefficient (Wildman–Crippen LogP) is 1.23. The molecule has 18 heavy (non-hydrogen) atoms. The van der Waals surface area contributed by atoms with Crippen LogP contribution in [0.25, 0.3) is 0 Å². The Morgan fingerprint density at radius 2 is 1.72 bits per heavy atom. The van der Waals surface area contributed by atoms with E-state index in [0.29, 0.717) is 31.5 Å². The molecule has 1 aromatic rings. The van der Waals surface area contributed by atoms with Gasteiger partial charge in [-0.1, -0.05) is 18.2 Å². The van der Waals surface area contributed by atoms with Crippen molar-refractivity contribution in [3.63, 3.8) is 0 Å². The maximum atomic E-state index is 5.65. The van der Waals surface area contributed by atoms with E-state index in [1.807, 2.05) is 4.90 Å². The first-order chi connectivity index (χ1) is 8.71. The van der Waals surface area contributed by atoms with Crippen molar-refractivity contribution in [2.75, 3.05) is 35.6 Å². The van der Waals surface area contributed by atoms with Gasteiger partial charge in [-0.2, -0.15) is 15.0 Å². The SMILES string of the molecule is C=CCNc1nc(N)nc(N(CC=C)CC=C)n1. The van der Waals surface area contributed by atoms with Gasteiger partial charge in [0.15, 0.2) is 0 Å². The molecule has 0 aliphatic rings. The molecule has 0 saturated heterocycles. The first-order valence-electron chi connectivity index (χ1n) is 5.54. The normalized spacial score (nSPS) is 9.56. The van der Waals surface area contributed by atoms with Gasteiger partial charge in [0, 0.05) is 19.6 Å². The van der Waals surface area contributed by atoms with Gasteiger partial charge < -0.3 is 16.0 Å². The summed E-state index contributed by atoms with van der Waals surface area (Å²) in [5.74, 6) is 1.09. The topological polar surface area (TPSA) is 80.0 Å². The van der Waals surface area contributed by atoms with Gasteiger partial charge in [0.25, 0.3) is 0 Å². The predicted molar refractivity (Wildman–Crippen MR) is 75.5 cm³/mol. The molecule has 0 saturated carbocycles. The Labute approximate surface area is 107 Å². The van der Waals surface area contributed by atoms with Crippen LogP contribution < -0.4 is 16.0 Å². The van der Waals surface area contributed by atoms with Crippen molar-refractivity contribution in [1.29, 1.82) is 0 Å². The summed E-state index contributed by atoms with van der Waals surface area (Å²) in [5.41, 5.74) is 5.65. The highest BCUT2D eigenvalue weighted by Crippen LogP contribution is 2.11. The Bertz CT molecular complexity index is 419. The van der Waals surface area contributed by atoms with E-state index in [0.717, 1.165) is 0 Å². The third-order valence-corrected chi connectivity index (χ3v) is 2.03. The number of nitrogens with two attached hydrogens (primary N) is 1. The summed E-state index contributed by atoms with van der Waals surface area (Å²) >= 11 is 0. The molecule has 0 amide bonds. The van der Waals surface area contributed by atoms with E-state index in [1.54, 1.807) is 18.2 Å².